The topological polar surface area (TPSA) is 23.8 Å². The van der Waals surface area contributed by atoms with E-state index in [-0.39, 0.29) is 5.92 Å². The van der Waals surface area contributed by atoms with E-state index in [1.807, 2.05) is 6.92 Å². The molecule has 0 fully saturated rings. The fourth-order valence-electron chi connectivity index (χ4n) is 0.554. The number of allylic oxidation sites excluding steroid dienone is 3. The van der Waals surface area contributed by atoms with Gasteiger partial charge in [0.1, 0.15) is 0 Å². The van der Waals surface area contributed by atoms with Gasteiger partial charge in [0, 0.05) is 12.3 Å². The summed E-state index contributed by atoms with van der Waals surface area (Å²) in [6.07, 6.45) is 5.74. The highest BCUT2D eigenvalue weighted by Crippen LogP contribution is 2.03. The lowest BCUT2D eigenvalue weighted by Crippen LogP contribution is -1.86. The van der Waals surface area contributed by atoms with Crippen molar-refractivity contribution in [2.24, 2.45) is 5.92 Å². The Morgan fingerprint density at radius 3 is 2.73 bits per heavy atom. The lowest BCUT2D eigenvalue weighted by atomic mass is 10.1. The Balaban J connectivity index is 4.21. The summed E-state index contributed by atoms with van der Waals surface area (Å²) in [6.45, 7) is 5.47. The van der Waals surface area contributed by atoms with Crippen LogP contribution in [0.3, 0.4) is 0 Å². The summed E-state index contributed by atoms with van der Waals surface area (Å²) in [6, 6.07) is 2.07. The Labute approximate surface area is 67.7 Å². The average molecular weight is 145 g/mol. The monoisotopic (exact) mass is 145 g/mol. The highest BCUT2D eigenvalue weighted by Gasteiger charge is 1.94. The second-order valence-corrected chi connectivity index (χ2v) is 2.01. The number of rotatable bonds is 3. The van der Waals surface area contributed by atoms with E-state index in [0.29, 0.717) is 6.42 Å². The van der Waals surface area contributed by atoms with Crippen molar-refractivity contribution in [2.45, 2.75) is 13.3 Å². The van der Waals surface area contributed by atoms with Gasteiger partial charge in [-0.25, -0.2) is 0 Å². The van der Waals surface area contributed by atoms with Crippen molar-refractivity contribution >= 4 is 0 Å². The van der Waals surface area contributed by atoms with Crippen LogP contribution in [0, 0.1) is 17.2 Å². The third-order valence-electron chi connectivity index (χ3n) is 1.15. The van der Waals surface area contributed by atoms with Gasteiger partial charge < -0.3 is 0 Å². The van der Waals surface area contributed by atoms with Gasteiger partial charge in [-0.1, -0.05) is 17.5 Å². The van der Waals surface area contributed by atoms with Crippen LogP contribution in [0.25, 0.3) is 0 Å². The molecule has 1 nitrogen and oxygen atoms in total. The van der Waals surface area contributed by atoms with E-state index in [0.717, 1.165) is 0 Å². The third kappa shape index (κ3) is 5.00. The second-order valence-electron chi connectivity index (χ2n) is 2.01. The first kappa shape index (κ1) is 9.53. The number of nitrogens with zero attached hydrogens (tertiary/aromatic N) is 1. The van der Waals surface area contributed by atoms with E-state index < -0.39 is 0 Å². The number of hydrogen-bond donors (Lipinski definition) is 0. The summed E-state index contributed by atoms with van der Waals surface area (Å²) in [5.41, 5.74) is 5.60. The van der Waals surface area contributed by atoms with Gasteiger partial charge in [-0.2, -0.15) is 5.26 Å². The highest BCUT2D eigenvalue weighted by atomic mass is 14.2. The summed E-state index contributed by atoms with van der Waals surface area (Å²) in [5.74, 6) is 0.104. The molecular formula is C10H11N. The van der Waals surface area contributed by atoms with E-state index in [9.17, 15) is 0 Å². The van der Waals surface area contributed by atoms with Crippen molar-refractivity contribution in [1.29, 1.82) is 5.26 Å². The first-order valence-electron chi connectivity index (χ1n) is 3.47. The molecule has 0 saturated heterocycles. The minimum absolute atomic E-state index is 0.104. The first-order valence-corrected chi connectivity index (χ1v) is 3.47. The van der Waals surface area contributed by atoms with Crippen LogP contribution in [0.5, 0.6) is 0 Å². The molecule has 0 saturated carbocycles. The maximum atomic E-state index is 8.35. The van der Waals surface area contributed by atoms with Gasteiger partial charge in [0.25, 0.3) is 0 Å². The van der Waals surface area contributed by atoms with E-state index >= 15 is 0 Å². The van der Waals surface area contributed by atoms with Crippen molar-refractivity contribution in [3.05, 3.63) is 36.3 Å². The molecule has 0 aliphatic heterocycles. The Morgan fingerprint density at radius 1 is 1.55 bits per heavy atom. The highest BCUT2D eigenvalue weighted by molar-refractivity contribution is 5.00. The third-order valence-corrected chi connectivity index (χ3v) is 1.15. The molecule has 0 aromatic rings. The molecule has 0 spiro atoms. The van der Waals surface area contributed by atoms with Crippen molar-refractivity contribution in [3.8, 4) is 6.07 Å². The molecule has 0 aromatic carbocycles. The molecule has 0 radical (unpaired) electrons. The van der Waals surface area contributed by atoms with Crippen molar-refractivity contribution < 1.29 is 0 Å². The van der Waals surface area contributed by atoms with Crippen molar-refractivity contribution in [3.63, 3.8) is 0 Å². The lowest BCUT2D eigenvalue weighted by molar-refractivity contribution is 0.846. The number of nitriles is 1. The van der Waals surface area contributed by atoms with Crippen LogP contribution in [0.2, 0.25) is 0 Å². The first-order chi connectivity index (χ1) is 5.35. The maximum Gasteiger partial charge on any atom is 0.0631 e. The molecule has 0 N–H and O–H groups in total. The van der Waals surface area contributed by atoms with Crippen LogP contribution in [0.1, 0.15) is 13.3 Å². The van der Waals surface area contributed by atoms with Gasteiger partial charge >= 0.3 is 0 Å². The zero-order chi connectivity index (χ0) is 8.53. The minimum Gasteiger partial charge on any atom is -0.198 e. The Hall–Kier alpha value is -1.47. The summed E-state index contributed by atoms with van der Waals surface area (Å²) < 4.78 is 0. The molecule has 56 valence electrons. The van der Waals surface area contributed by atoms with Gasteiger partial charge in [-0.3, -0.25) is 0 Å². The lowest BCUT2D eigenvalue weighted by Gasteiger charge is -1.94. The van der Waals surface area contributed by atoms with Gasteiger partial charge in [-0.15, -0.1) is 6.58 Å². The largest absolute Gasteiger partial charge is 0.198 e. The fraction of sp³-hybridized carbons (Fsp3) is 0.300. The predicted octanol–water partition coefficient (Wildman–Crippen LogP) is 2.59. The summed E-state index contributed by atoms with van der Waals surface area (Å²) in [5, 5.41) is 8.35. The minimum atomic E-state index is 0.104. The number of hydrogen-bond acceptors (Lipinski definition) is 1. The zero-order valence-electron chi connectivity index (χ0n) is 6.67. The molecule has 0 amide bonds. The van der Waals surface area contributed by atoms with Gasteiger partial charge in [0.2, 0.25) is 0 Å². The normalized spacial score (nSPS) is 9.82. The fourth-order valence-corrected chi connectivity index (χ4v) is 0.554. The van der Waals surface area contributed by atoms with Crippen molar-refractivity contribution in [1.82, 2.24) is 0 Å². The molecule has 1 unspecified atom stereocenters. The van der Waals surface area contributed by atoms with Crippen LogP contribution in [0.4, 0.5) is 0 Å². The Kier molecular flexibility index (Phi) is 5.76. The van der Waals surface area contributed by atoms with Crippen LogP contribution in [0.15, 0.2) is 36.3 Å². The Morgan fingerprint density at radius 2 is 2.27 bits per heavy atom. The molecule has 11 heavy (non-hydrogen) atoms. The van der Waals surface area contributed by atoms with Gasteiger partial charge in [0.15, 0.2) is 0 Å². The van der Waals surface area contributed by atoms with Crippen LogP contribution in [-0.4, -0.2) is 0 Å². The molecule has 0 aromatic heterocycles. The van der Waals surface area contributed by atoms with E-state index in [1.165, 1.54) is 0 Å². The maximum absolute atomic E-state index is 8.35. The molecule has 1 heteroatoms. The smallest absolute Gasteiger partial charge is 0.0631 e. The molecule has 0 aliphatic carbocycles. The summed E-state index contributed by atoms with van der Waals surface area (Å²) in [7, 11) is 0. The average Bonchev–Trinajstić information content (AvgIpc) is 2.03. The zero-order valence-corrected chi connectivity index (χ0v) is 6.67. The molecule has 0 rings (SSSR count). The predicted molar refractivity (Wildman–Crippen MR) is 45.8 cm³/mol. The van der Waals surface area contributed by atoms with Crippen molar-refractivity contribution in [2.75, 3.05) is 0 Å². The standard InChI is InChI=1S/C10H11N/c1-3-5-6-7-10(4-2)8-9-11/h3-4,7,10H,2,8H2,1H3. The van der Waals surface area contributed by atoms with Gasteiger partial charge in [-0.05, 0) is 19.1 Å². The summed E-state index contributed by atoms with van der Waals surface area (Å²) in [4.78, 5) is 0. The van der Waals surface area contributed by atoms with E-state index in [2.05, 4.69) is 24.1 Å². The SMILES string of the molecule is C=CC(C=C=C=CC)CC#N. The van der Waals surface area contributed by atoms with E-state index in [1.54, 1.807) is 18.2 Å². The Bertz CT molecular complexity index is 243. The molecular weight excluding hydrogens is 134 g/mol. The summed E-state index contributed by atoms with van der Waals surface area (Å²) >= 11 is 0. The van der Waals surface area contributed by atoms with E-state index in [4.69, 9.17) is 5.26 Å². The molecule has 1 atom stereocenters. The van der Waals surface area contributed by atoms with Crippen LogP contribution >= 0.6 is 0 Å². The van der Waals surface area contributed by atoms with Crippen LogP contribution in [-0.2, 0) is 0 Å². The van der Waals surface area contributed by atoms with Crippen LogP contribution < -0.4 is 0 Å². The molecule has 0 heterocycles. The van der Waals surface area contributed by atoms with Gasteiger partial charge in [0.05, 0.1) is 6.07 Å². The molecule has 0 bridgehead atoms. The second kappa shape index (κ2) is 6.65. The molecule has 0 aliphatic rings. The quantitative estimate of drug-likeness (QED) is 0.442.